The van der Waals surface area contributed by atoms with Gasteiger partial charge in [0.05, 0.1) is 6.54 Å². The van der Waals surface area contributed by atoms with Crippen LogP contribution in [-0.2, 0) is 4.79 Å². The predicted octanol–water partition coefficient (Wildman–Crippen LogP) is 2.60. The number of guanidine groups is 1. The molecule has 0 spiro atoms. The molecule has 0 radical (unpaired) electrons. The Hall–Kier alpha value is -1.30. The van der Waals surface area contributed by atoms with E-state index in [0.717, 1.165) is 64.4 Å². The molecule has 27 heavy (non-hydrogen) atoms. The van der Waals surface area contributed by atoms with Crippen LogP contribution in [0.2, 0.25) is 0 Å². The Kier molecular flexibility index (Phi) is 9.39. The molecular weight excluding hydrogens is 338 g/mol. The largest absolute Gasteiger partial charge is 0.357 e. The molecule has 0 atom stereocenters. The Morgan fingerprint density at radius 1 is 1.04 bits per heavy atom. The van der Waals surface area contributed by atoms with Crippen molar-refractivity contribution >= 4 is 11.9 Å². The second-order valence-corrected chi connectivity index (χ2v) is 8.53. The minimum Gasteiger partial charge on any atom is -0.357 e. The fourth-order valence-electron chi connectivity index (χ4n) is 3.97. The highest BCUT2D eigenvalue weighted by atomic mass is 16.2. The summed E-state index contributed by atoms with van der Waals surface area (Å²) in [4.78, 5) is 21.5. The molecule has 0 aromatic rings. The van der Waals surface area contributed by atoms with Crippen LogP contribution in [0.5, 0.6) is 0 Å². The van der Waals surface area contributed by atoms with E-state index in [1.807, 2.05) is 4.90 Å². The SMILES string of the molecule is CCNC(=NCC(C)(C)N1CCCCC1)NCCCN1CCCCCC1=O. The van der Waals surface area contributed by atoms with Crippen LogP contribution in [0.4, 0.5) is 0 Å². The molecule has 0 saturated carbocycles. The lowest BCUT2D eigenvalue weighted by Gasteiger charge is -2.40. The molecule has 2 saturated heterocycles. The van der Waals surface area contributed by atoms with Crippen molar-refractivity contribution in [3.63, 3.8) is 0 Å². The first kappa shape index (κ1) is 22.0. The molecule has 0 unspecified atom stereocenters. The zero-order chi connectivity index (χ0) is 19.5. The van der Waals surface area contributed by atoms with Crippen LogP contribution in [-0.4, -0.2) is 73.0 Å². The van der Waals surface area contributed by atoms with Crippen molar-refractivity contribution in [1.29, 1.82) is 0 Å². The predicted molar refractivity (Wildman–Crippen MR) is 113 cm³/mol. The molecule has 1 amide bonds. The van der Waals surface area contributed by atoms with Gasteiger partial charge in [0.1, 0.15) is 0 Å². The van der Waals surface area contributed by atoms with E-state index >= 15 is 0 Å². The summed E-state index contributed by atoms with van der Waals surface area (Å²) >= 11 is 0. The maximum absolute atomic E-state index is 12.1. The van der Waals surface area contributed by atoms with E-state index in [1.165, 1.54) is 38.8 Å². The molecule has 0 aromatic heterocycles. The van der Waals surface area contributed by atoms with Crippen molar-refractivity contribution in [2.45, 2.75) is 77.7 Å². The number of amides is 1. The van der Waals surface area contributed by atoms with Gasteiger partial charge in [0.25, 0.3) is 0 Å². The van der Waals surface area contributed by atoms with E-state index in [9.17, 15) is 4.79 Å². The number of nitrogens with zero attached hydrogens (tertiary/aromatic N) is 3. The summed E-state index contributed by atoms with van der Waals surface area (Å²) in [6.07, 6.45) is 9.05. The first-order valence-electron chi connectivity index (χ1n) is 11.1. The average Bonchev–Trinajstić information content (AvgIpc) is 2.88. The third-order valence-electron chi connectivity index (χ3n) is 5.75. The molecule has 2 aliphatic heterocycles. The van der Waals surface area contributed by atoms with Gasteiger partial charge in [-0.15, -0.1) is 0 Å². The molecule has 0 bridgehead atoms. The second kappa shape index (κ2) is 11.5. The van der Waals surface area contributed by atoms with Gasteiger partial charge in [-0.2, -0.15) is 0 Å². The summed E-state index contributed by atoms with van der Waals surface area (Å²) in [6, 6.07) is 0. The van der Waals surface area contributed by atoms with Crippen molar-refractivity contribution in [2.75, 3.05) is 45.8 Å². The lowest BCUT2D eigenvalue weighted by Crippen LogP contribution is -2.49. The molecule has 2 fully saturated rings. The number of hydrogen-bond acceptors (Lipinski definition) is 3. The molecule has 156 valence electrons. The van der Waals surface area contributed by atoms with E-state index in [0.29, 0.717) is 5.91 Å². The van der Waals surface area contributed by atoms with Gasteiger partial charge in [0.15, 0.2) is 5.96 Å². The lowest BCUT2D eigenvalue weighted by molar-refractivity contribution is -0.130. The third kappa shape index (κ3) is 7.68. The van der Waals surface area contributed by atoms with Gasteiger partial charge in [-0.3, -0.25) is 14.7 Å². The second-order valence-electron chi connectivity index (χ2n) is 8.53. The van der Waals surface area contributed by atoms with Gasteiger partial charge in [-0.05, 0) is 66.0 Å². The van der Waals surface area contributed by atoms with Crippen molar-refractivity contribution in [2.24, 2.45) is 4.99 Å². The van der Waals surface area contributed by atoms with Gasteiger partial charge in [0, 0.05) is 38.1 Å². The fourth-order valence-corrected chi connectivity index (χ4v) is 3.97. The van der Waals surface area contributed by atoms with Gasteiger partial charge in [-0.1, -0.05) is 12.8 Å². The zero-order valence-corrected chi connectivity index (χ0v) is 17.9. The number of likely N-dealkylation sites (tertiary alicyclic amines) is 2. The summed E-state index contributed by atoms with van der Waals surface area (Å²) in [6.45, 7) is 13.4. The summed E-state index contributed by atoms with van der Waals surface area (Å²) in [5.74, 6) is 1.22. The summed E-state index contributed by atoms with van der Waals surface area (Å²) in [5.41, 5.74) is 0.0985. The molecule has 2 aliphatic rings. The van der Waals surface area contributed by atoms with Crippen molar-refractivity contribution in [3.8, 4) is 0 Å². The van der Waals surface area contributed by atoms with Crippen LogP contribution in [0, 0.1) is 0 Å². The molecule has 2 N–H and O–H groups in total. The number of carbonyl (C=O) groups excluding carboxylic acids is 1. The van der Waals surface area contributed by atoms with E-state index in [1.54, 1.807) is 0 Å². The van der Waals surface area contributed by atoms with Crippen LogP contribution in [0.15, 0.2) is 4.99 Å². The van der Waals surface area contributed by atoms with Crippen LogP contribution in [0.25, 0.3) is 0 Å². The van der Waals surface area contributed by atoms with Crippen LogP contribution < -0.4 is 10.6 Å². The standard InChI is InChI=1S/C21H41N5O/c1-4-22-20(24-18-21(2,3)26-16-9-6-10-17-26)23-13-11-15-25-14-8-5-7-12-19(25)27/h4-18H2,1-3H3,(H2,22,23,24). The zero-order valence-electron chi connectivity index (χ0n) is 17.9. The van der Waals surface area contributed by atoms with Gasteiger partial charge < -0.3 is 15.5 Å². The minimum atomic E-state index is 0.0985. The number of aliphatic imine (C=N–C) groups is 1. The van der Waals surface area contributed by atoms with E-state index in [4.69, 9.17) is 4.99 Å². The highest BCUT2D eigenvalue weighted by Gasteiger charge is 2.27. The van der Waals surface area contributed by atoms with Crippen molar-refractivity contribution < 1.29 is 4.79 Å². The topological polar surface area (TPSA) is 60.0 Å². The Morgan fingerprint density at radius 2 is 1.74 bits per heavy atom. The molecule has 6 nitrogen and oxygen atoms in total. The van der Waals surface area contributed by atoms with Crippen LogP contribution in [0.3, 0.4) is 0 Å². The summed E-state index contributed by atoms with van der Waals surface area (Å²) in [7, 11) is 0. The monoisotopic (exact) mass is 379 g/mol. The van der Waals surface area contributed by atoms with Crippen LogP contribution >= 0.6 is 0 Å². The molecular formula is C21H41N5O. The molecule has 2 heterocycles. The molecule has 2 rings (SSSR count). The average molecular weight is 380 g/mol. The normalized spacial score (nSPS) is 20.5. The Labute approximate surface area is 166 Å². The highest BCUT2D eigenvalue weighted by molar-refractivity contribution is 5.79. The Balaban J connectivity index is 1.76. The van der Waals surface area contributed by atoms with E-state index < -0.39 is 0 Å². The van der Waals surface area contributed by atoms with Crippen molar-refractivity contribution in [1.82, 2.24) is 20.4 Å². The molecule has 6 heteroatoms. The maximum atomic E-state index is 12.1. The van der Waals surface area contributed by atoms with Crippen LogP contribution in [0.1, 0.15) is 72.1 Å². The van der Waals surface area contributed by atoms with Crippen molar-refractivity contribution in [3.05, 3.63) is 0 Å². The number of hydrogen-bond donors (Lipinski definition) is 2. The van der Waals surface area contributed by atoms with E-state index in [-0.39, 0.29) is 5.54 Å². The third-order valence-corrected chi connectivity index (χ3v) is 5.75. The fraction of sp³-hybridized carbons (Fsp3) is 0.905. The maximum Gasteiger partial charge on any atom is 0.222 e. The highest BCUT2D eigenvalue weighted by Crippen LogP contribution is 2.20. The Bertz CT molecular complexity index is 471. The number of nitrogens with one attached hydrogen (secondary N) is 2. The first-order valence-corrected chi connectivity index (χ1v) is 11.1. The lowest BCUT2D eigenvalue weighted by atomic mass is 9.99. The quantitative estimate of drug-likeness (QED) is 0.387. The molecule has 0 aromatic carbocycles. The van der Waals surface area contributed by atoms with E-state index in [2.05, 4.69) is 36.3 Å². The number of carbonyl (C=O) groups is 1. The molecule has 0 aliphatic carbocycles. The summed E-state index contributed by atoms with van der Waals surface area (Å²) in [5, 5.41) is 6.80. The first-order chi connectivity index (χ1) is 13.0. The number of rotatable bonds is 8. The minimum absolute atomic E-state index is 0.0985. The summed E-state index contributed by atoms with van der Waals surface area (Å²) < 4.78 is 0. The smallest absolute Gasteiger partial charge is 0.222 e. The van der Waals surface area contributed by atoms with Gasteiger partial charge in [-0.25, -0.2) is 0 Å². The van der Waals surface area contributed by atoms with Gasteiger partial charge >= 0.3 is 0 Å². The number of piperidine rings is 1. The van der Waals surface area contributed by atoms with Gasteiger partial charge in [0.2, 0.25) is 5.91 Å². The Morgan fingerprint density at radius 3 is 2.48 bits per heavy atom.